The minimum atomic E-state index is -4.50. The number of halogens is 3. The van der Waals surface area contributed by atoms with E-state index in [1.54, 1.807) is 16.7 Å². The lowest BCUT2D eigenvalue weighted by Crippen LogP contribution is -2.49. The number of hydrogen-bond donors (Lipinski definition) is 0. The van der Waals surface area contributed by atoms with Gasteiger partial charge in [0.25, 0.3) is 0 Å². The lowest BCUT2D eigenvalue weighted by molar-refractivity contribution is -0.144. The fourth-order valence-electron chi connectivity index (χ4n) is 3.95. The molecule has 0 aliphatic carbocycles. The average molecular weight is 425 g/mol. The van der Waals surface area contributed by atoms with Gasteiger partial charge >= 0.3 is 6.18 Å². The number of anilines is 1. The smallest absolute Gasteiger partial charge is 0.366 e. The van der Waals surface area contributed by atoms with Gasteiger partial charge in [0.15, 0.2) is 0 Å². The number of aryl methyl sites for hydroxylation is 1. The van der Waals surface area contributed by atoms with Gasteiger partial charge in [-0.2, -0.15) is 18.2 Å². The topological polar surface area (TPSA) is 84.6 Å². The van der Waals surface area contributed by atoms with E-state index in [0.717, 1.165) is 6.07 Å². The van der Waals surface area contributed by atoms with Crippen LogP contribution in [0.25, 0.3) is 0 Å². The van der Waals surface area contributed by atoms with E-state index in [9.17, 15) is 18.0 Å². The van der Waals surface area contributed by atoms with Gasteiger partial charge in [0, 0.05) is 32.8 Å². The summed E-state index contributed by atoms with van der Waals surface area (Å²) in [7, 11) is 0. The van der Waals surface area contributed by atoms with Crippen LogP contribution in [0.5, 0.6) is 0 Å². The highest BCUT2D eigenvalue weighted by Gasteiger charge is 2.38. The minimum Gasteiger partial charge on any atom is -0.366 e. The molecule has 0 N–H and O–H groups in total. The molecule has 2 fully saturated rings. The number of carbonyl (C=O) groups is 1. The molecule has 2 atom stereocenters. The molecule has 1 amide bonds. The Morgan fingerprint density at radius 1 is 1.27 bits per heavy atom. The molecule has 30 heavy (non-hydrogen) atoms. The Morgan fingerprint density at radius 3 is 2.83 bits per heavy atom. The highest BCUT2D eigenvalue weighted by atomic mass is 19.4. The van der Waals surface area contributed by atoms with Crippen molar-refractivity contribution in [3.63, 3.8) is 0 Å². The average Bonchev–Trinajstić information content (AvgIpc) is 3.19. The molecule has 2 aliphatic heterocycles. The largest absolute Gasteiger partial charge is 0.419 e. The van der Waals surface area contributed by atoms with Gasteiger partial charge in [-0.1, -0.05) is 5.16 Å². The Bertz CT molecular complexity index is 904. The number of ether oxygens (including phenoxy) is 1. The Hall–Kier alpha value is -2.69. The molecular weight excluding hydrogens is 403 g/mol. The summed E-state index contributed by atoms with van der Waals surface area (Å²) >= 11 is 0. The van der Waals surface area contributed by atoms with Crippen LogP contribution in [0.1, 0.15) is 36.2 Å². The number of amides is 1. The Morgan fingerprint density at radius 2 is 2.10 bits per heavy atom. The molecule has 0 aromatic carbocycles. The lowest BCUT2D eigenvalue weighted by atomic mass is 9.95. The van der Waals surface area contributed by atoms with E-state index in [-0.39, 0.29) is 24.8 Å². The van der Waals surface area contributed by atoms with Gasteiger partial charge in [0.2, 0.25) is 17.6 Å². The number of alkyl halides is 3. The molecule has 2 saturated heterocycles. The first-order valence-corrected chi connectivity index (χ1v) is 9.80. The zero-order valence-corrected chi connectivity index (χ0v) is 16.4. The third kappa shape index (κ3) is 4.25. The summed E-state index contributed by atoms with van der Waals surface area (Å²) in [6.45, 7) is 3.33. The van der Waals surface area contributed by atoms with Gasteiger partial charge in [-0.15, -0.1) is 0 Å². The number of nitrogens with zero attached hydrogens (tertiary/aromatic N) is 5. The van der Waals surface area contributed by atoms with Crippen molar-refractivity contribution in [2.45, 2.75) is 32.0 Å². The third-order valence-corrected chi connectivity index (χ3v) is 5.37. The maximum absolute atomic E-state index is 13.4. The fourth-order valence-corrected chi connectivity index (χ4v) is 3.95. The van der Waals surface area contributed by atoms with Crippen LogP contribution in [-0.4, -0.2) is 58.7 Å². The van der Waals surface area contributed by atoms with E-state index in [1.807, 2.05) is 0 Å². The van der Waals surface area contributed by atoms with Crippen LogP contribution in [-0.2, 0) is 15.7 Å². The van der Waals surface area contributed by atoms with Gasteiger partial charge < -0.3 is 19.1 Å². The van der Waals surface area contributed by atoms with E-state index in [2.05, 4.69) is 15.1 Å². The zero-order chi connectivity index (χ0) is 21.3. The standard InChI is InChI=1S/C19H22F3N5O3/c1-12-24-16(25-30-12)15-11-27(8-9-29-15)18(28)13-4-3-7-26(10-13)17-14(19(20,21)22)5-2-6-23-17/h2,5-6,13,15H,3-4,7-11H2,1H3/t13-,15+/m0/s1. The number of aromatic nitrogens is 3. The van der Waals surface area contributed by atoms with Crippen molar-refractivity contribution in [3.05, 3.63) is 35.6 Å². The summed E-state index contributed by atoms with van der Waals surface area (Å²) in [5.74, 6) is 0.171. The highest BCUT2D eigenvalue weighted by molar-refractivity contribution is 5.80. The molecule has 0 saturated carbocycles. The number of carbonyl (C=O) groups excluding carboxylic acids is 1. The number of piperidine rings is 1. The second kappa shape index (κ2) is 8.21. The second-order valence-corrected chi connectivity index (χ2v) is 7.47. The van der Waals surface area contributed by atoms with Gasteiger partial charge in [-0.05, 0) is 25.0 Å². The predicted molar refractivity (Wildman–Crippen MR) is 98.5 cm³/mol. The van der Waals surface area contributed by atoms with E-state index in [0.29, 0.717) is 44.3 Å². The number of morpholine rings is 1. The quantitative estimate of drug-likeness (QED) is 0.747. The molecule has 0 radical (unpaired) electrons. The van der Waals surface area contributed by atoms with Crippen LogP contribution in [0.2, 0.25) is 0 Å². The second-order valence-electron chi connectivity index (χ2n) is 7.47. The molecule has 2 aromatic heterocycles. The molecule has 4 rings (SSSR count). The number of hydrogen-bond acceptors (Lipinski definition) is 7. The summed E-state index contributed by atoms with van der Waals surface area (Å²) in [6, 6.07) is 2.29. The summed E-state index contributed by atoms with van der Waals surface area (Å²) in [6.07, 6.45) is -2.40. The van der Waals surface area contributed by atoms with Crippen LogP contribution < -0.4 is 4.90 Å². The summed E-state index contributed by atoms with van der Waals surface area (Å²) in [4.78, 5) is 24.5. The molecule has 162 valence electrons. The normalized spacial score (nSPS) is 22.9. The van der Waals surface area contributed by atoms with Crippen molar-refractivity contribution in [2.75, 3.05) is 37.7 Å². The van der Waals surface area contributed by atoms with Crippen molar-refractivity contribution in [1.29, 1.82) is 0 Å². The minimum absolute atomic E-state index is 0.0993. The Kier molecular flexibility index (Phi) is 5.63. The van der Waals surface area contributed by atoms with Gasteiger partial charge in [0.1, 0.15) is 11.9 Å². The monoisotopic (exact) mass is 425 g/mol. The summed E-state index contributed by atoms with van der Waals surface area (Å²) in [5, 5.41) is 3.86. The van der Waals surface area contributed by atoms with Crippen molar-refractivity contribution < 1.29 is 27.2 Å². The molecule has 2 aromatic rings. The lowest BCUT2D eigenvalue weighted by Gasteiger charge is -2.38. The fraction of sp³-hybridized carbons (Fsp3) is 0.579. The van der Waals surface area contributed by atoms with E-state index in [4.69, 9.17) is 9.26 Å². The molecule has 2 aliphatic rings. The molecule has 0 spiro atoms. The van der Waals surface area contributed by atoms with Crippen molar-refractivity contribution in [3.8, 4) is 0 Å². The maximum Gasteiger partial charge on any atom is 0.419 e. The predicted octanol–water partition coefficient (Wildman–Crippen LogP) is 2.61. The van der Waals surface area contributed by atoms with E-state index < -0.39 is 23.8 Å². The van der Waals surface area contributed by atoms with Crippen molar-refractivity contribution >= 4 is 11.7 Å². The molecule has 4 heterocycles. The first kappa shape index (κ1) is 20.6. The van der Waals surface area contributed by atoms with Crippen LogP contribution in [0.15, 0.2) is 22.9 Å². The Labute approximate surface area is 171 Å². The Balaban J connectivity index is 1.46. The van der Waals surface area contributed by atoms with Crippen molar-refractivity contribution in [1.82, 2.24) is 20.0 Å². The van der Waals surface area contributed by atoms with E-state index >= 15 is 0 Å². The molecular formula is C19H22F3N5O3. The zero-order valence-electron chi connectivity index (χ0n) is 16.4. The number of rotatable bonds is 3. The molecule has 0 unspecified atom stereocenters. The summed E-state index contributed by atoms with van der Waals surface area (Å²) in [5.41, 5.74) is -0.781. The van der Waals surface area contributed by atoms with Crippen molar-refractivity contribution in [2.24, 2.45) is 5.92 Å². The van der Waals surface area contributed by atoms with Gasteiger partial charge in [0.05, 0.1) is 24.6 Å². The van der Waals surface area contributed by atoms with Crippen LogP contribution in [0.3, 0.4) is 0 Å². The van der Waals surface area contributed by atoms with Crippen LogP contribution >= 0.6 is 0 Å². The number of pyridine rings is 1. The summed E-state index contributed by atoms with van der Waals surface area (Å²) < 4.78 is 50.8. The first-order chi connectivity index (χ1) is 14.3. The van der Waals surface area contributed by atoms with Gasteiger partial charge in [-0.3, -0.25) is 4.79 Å². The molecule has 8 nitrogen and oxygen atoms in total. The molecule has 11 heteroatoms. The van der Waals surface area contributed by atoms with Crippen LogP contribution in [0.4, 0.5) is 19.0 Å². The van der Waals surface area contributed by atoms with E-state index in [1.165, 1.54) is 12.3 Å². The molecule has 0 bridgehead atoms. The maximum atomic E-state index is 13.4. The first-order valence-electron chi connectivity index (χ1n) is 9.80. The highest BCUT2D eigenvalue weighted by Crippen LogP contribution is 2.36. The van der Waals surface area contributed by atoms with Crippen LogP contribution in [0, 0.1) is 12.8 Å². The van der Waals surface area contributed by atoms with Gasteiger partial charge in [-0.25, -0.2) is 4.98 Å². The SMILES string of the molecule is Cc1nc([C@H]2CN(C(=O)[C@H]3CCCN(c4ncccc4C(F)(F)F)C3)CCO2)no1. The third-order valence-electron chi connectivity index (χ3n) is 5.37.